The van der Waals surface area contributed by atoms with Crippen molar-refractivity contribution in [3.05, 3.63) is 29.8 Å². The van der Waals surface area contributed by atoms with E-state index in [2.05, 4.69) is 10.6 Å². The van der Waals surface area contributed by atoms with Crippen LogP contribution >= 0.6 is 0 Å². The van der Waals surface area contributed by atoms with Crippen molar-refractivity contribution in [2.45, 2.75) is 44.2 Å². The lowest BCUT2D eigenvalue weighted by Crippen LogP contribution is -2.41. The first-order valence-corrected chi connectivity index (χ1v) is 7.85. The lowest BCUT2D eigenvalue weighted by molar-refractivity contribution is -0.129. The summed E-state index contributed by atoms with van der Waals surface area (Å²) in [6.07, 6.45) is 4.53. The molecule has 3 rings (SSSR count). The van der Waals surface area contributed by atoms with Crippen LogP contribution in [0, 0.1) is 11.6 Å². The van der Waals surface area contributed by atoms with E-state index < -0.39 is 17.7 Å². The molecule has 1 aromatic carbocycles. The molecule has 1 aromatic rings. The van der Waals surface area contributed by atoms with Crippen LogP contribution < -0.4 is 10.6 Å². The van der Waals surface area contributed by atoms with Crippen LogP contribution in [-0.4, -0.2) is 35.5 Å². The van der Waals surface area contributed by atoms with Gasteiger partial charge in [-0.2, -0.15) is 0 Å². The second kappa shape index (κ2) is 6.52. The van der Waals surface area contributed by atoms with Gasteiger partial charge in [0.25, 0.3) is 0 Å². The molecule has 1 saturated carbocycles. The molecule has 1 unspecified atom stereocenters. The molecular weight excluding hydrogens is 304 g/mol. The van der Waals surface area contributed by atoms with Gasteiger partial charge in [-0.05, 0) is 25.0 Å². The zero-order valence-electron chi connectivity index (χ0n) is 12.6. The van der Waals surface area contributed by atoms with Gasteiger partial charge in [0.05, 0.1) is 11.7 Å². The highest BCUT2D eigenvalue weighted by Gasteiger charge is 2.36. The van der Waals surface area contributed by atoms with Crippen molar-refractivity contribution < 1.29 is 18.4 Å². The summed E-state index contributed by atoms with van der Waals surface area (Å²) in [6.45, 7) is 0.475. The fourth-order valence-corrected chi connectivity index (χ4v) is 3.33. The molecule has 0 aromatic heterocycles. The maximum absolute atomic E-state index is 13.5. The molecule has 23 heavy (non-hydrogen) atoms. The second-order valence-electron chi connectivity index (χ2n) is 6.11. The first-order chi connectivity index (χ1) is 11.0. The molecule has 7 heteroatoms. The molecule has 1 atom stereocenters. The number of carbonyl (C=O) groups is 2. The number of nitrogens with zero attached hydrogens (tertiary/aromatic N) is 1. The van der Waals surface area contributed by atoms with Crippen LogP contribution in [-0.2, 0) is 4.79 Å². The summed E-state index contributed by atoms with van der Waals surface area (Å²) >= 11 is 0. The Bertz CT molecular complexity index is 617. The number of nitrogens with one attached hydrogen (secondary N) is 2. The lowest BCUT2D eigenvalue weighted by Gasteiger charge is -2.24. The Morgan fingerprint density at radius 1 is 1.22 bits per heavy atom. The zero-order chi connectivity index (χ0) is 16.4. The summed E-state index contributed by atoms with van der Waals surface area (Å²) in [6, 6.07) is 2.18. The summed E-state index contributed by atoms with van der Waals surface area (Å²) in [5.74, 6) is -1.30. The average molecular weight is 323 g/mol. The average Bonchev–Trinajstić information content (AvgIpc) is 3.12. The van der Waals surface area contributed by atoms with Crippen LogP contribution in [0.2, 0.25) is 0 Å². The Morgan fingerprint density at radius 3 is 2.70 bits per heavy atom. The third-order valence-corrected chi connectivity index (χ3v) is 4.44. The predicted molar refractivity (Wildman–Crippen MR) is 80.9 cm³/mol. The summed E-state index contributed by atoms with van der Waals surface area (Å²) < 4.78 is 26.6. The number of urea groups is 1. The number of halogens is 2. The Kier molecular flexibility index (Phi) is 4.45. The van der Waals surface area contributed by atoms with Crippen LogP contribution in [0.4, 0.5) is 19.3 Å². The van der Waals surface area contributed by atoms with E-state index in [1.54, 1.807) is 0 Å². The molecule has 0 spiro atoms. The minimum Gasteiger partial charge on any atom is -0.338 e. The molecule has 0 bridgehead atoms. The lowest BCUT2D eigenvalue weighted by atomic mass is 10.2. The number of benzene rings is 1. The molecule has 2 aliphatic rings. The van der Waals surface area contributed by atoms with Crippen LogP contribution in [0.1, 0.15) is 32.1 Å². The second-order valence-corrected chi connectivity index (χ2v) is 6.11. The van der Waals surface area contributed by atoms with Gasteiger partial charge >= 0.3 is 6.03 Å². The van der Waals surface area contributed by atoms with Crippen molar-refractivity contribution in [3.8, 4) is 0 Å². The van der Waals surface area contributed by atoms with Gasteiger partial charge in [0.1, 0.15) is 11.6 Å². The highest BCUT2D eigenvalue weighted by molar-refractivity contribution is 5.90. The summed E-state index contributed by atoms with van der Waals surface area (Å²) in [4.78, 5) is 25.8. The van der Waals surface area contributed by atoms with Gasteiger partial charge in [0.15, 0.2) is 0 Å². The monoisotopic (exact) mass is 323 g/mol. The molecule has 1 heterocycles. The Balaban J connectivity index is 1.56. The van der Waals surface area contributed by atoms with Gasteiger partial charge in [0, 0.05) is 25.1 Å². The fraction of sp³-hybridized carbons (Fsp3) is 0.500. The van der Waals surface area contributed by atoms with Gasteiger partial charge in [-0.3, -0.25) is 4.79 Å². The van der Waals surface area contributed by atoms with Gasteiger partial charge in [-0.15, -0.1) is 0 Å². The number of rotatable bonds is 3. The van der Waals surface area contributed by atoms with Crippen LogP contribution in [0.25, 0.3) is 0 Å². The van der Waals surface area contributed by atoms with E-state index in [-0.39, 0.29) is 30.1 Å². The normalized spacial score (nSPS) is 21.7. The van der Waals surface area contributed by atoms with Crippen molar-refractivity contribution in [1.29, 1.82) is 0 Å². The third kappa shape index (κ3) is 3.60. The number of likely N-dealkylation sites (tertiary alicyclic amines) is 1. The molecule has 124 valence electrons. The van der Waals surface area contributed by atoms with Crippen molar-refractivity contribution in [2.24, 2.45) is 0 Å². The van der Waals surface area contributed by atoms with Crippen molar-refractivity contribution in [1.82, 2.24) is 10.2 Å². The Hall–Kier alpha value is -2.18. The number of carbonyl (C=O) groups excluding carboxylic acids is 2. The maximum atomic E-state index is 13.5. The van der Waals surface area contributed by atoms with E-state index in [1.807, 2.05) is 4.90 Å². The minimum atomic E-state index is -0.711. The zero-order valence-corrected chi connectivity index (χ0v) is 12.6. The number of hydrogen-bond acceptors (Lipinski definition) is 2. The standard InChI is InChI=1S/C16H19F2N3O2/c17-10-5-6-13(18)14(7-10)20-16(23)19-11-8-15(22)21(9-11)12-3-1-2-4-12/h5-7,11-12H,1-4,8-9H2,(H2,19,20,23). The number of hydrogen-bond donors (Lipinski definition) is 2. The van der Waals surface area contributed by atoms with Crippen LogP contribution in [0.15, 0.2) is 18.2 Å². The maximum Gasteiger partial charge on any atom is 0.319 e. The molecule has 2 fully saturated rings. The van der Waals surface area contributed by atoms with E-state index in [9.17, 15) is 18.4 Å². The van der Waals surface area contributed by atoms with E-state index in [0.717, 1.165) is 43.9 Å². The number of anilines is 1. The largest absolute Gasteiger partial charge is 0.338 e. The van der Waals surface area contributed by atoms with Gasteiger partial charge in [-0.1, -0.05) is 12.8 Å². The Labute approximate surface area is 133 Å². The highest BCUT2D eigenvalue weighted by atomic mass is 19.1. The molecule has 2 N–H and O–H groups in total. The molecule has 3 amide bonds. The predicted octanol–water partition coefficient (Wildman–Crippen LogP) is 2.63. The van der Waals surface area contributed by atoms with Crippen molar-refractivity contribution in [2.75, 3.05) is 11.9 Å². The smallest absolute Gasteiger partial charge is 0.319 e. The SMILES string of the molecule is O=C(Nc1cc(F)ccc1F)NC1CC(=O)N(C2CCCC2)C1. The molecule has 1 aliphatic heterocycles. The molecular formula is C16H19F2N3O2. The van der Waals surface area contributed by atoms with Crippen molar-refractivity contribution >= 4 is 17.6 Å². The quantitative estimate of drug-likeness (QED) is 0.898. The molecule has 0 radical (unpaired) electrons. The summed E-state index contributed by atoms with van der Waals surface area (Å²) in [5, 5.41) is 4.94. The molecule has 1 aliphatic carbocycles. The van der Waals surface area contributed by atoms with E-state index in [1.165, 1.54) is 0 Å². The third-order valence-electron chi connectivity index (χ3n) is 4.44. The summed E-state index contributed by atoms with van der Waals surface area (Å²) in [5.41, 5.74) is -0.223. The van der Waals surface area contributed by atoms with Crippen LogP contribution in [0.5, 0.6) is 0 Å². The van der Waals surface area contributed by atoms with Crippen LogP contribution in [0.3, 0.4) is 0 Å². The molecule has 5 nitrogen and oxygen atoms in total. The van der Waals surface area contributed by atoms with Crippen molar-refractivity contribution in [3.63, 3.8) is 0 Å². The van der Waals surface area contributed by atoms with Gasteiger partial charge in [0.2, 0.25) is 5.91 Å². The van der Waals surface area contributed by atoms with E-state index >= 15 is 0 Å². The molecule has 1 saturated heterocycles. The Morgan fingerprint density at radius 2 is 1.96 bits per heavy atom. The van der Waals surface area contributed by atoms with Gasteiger partial charge < -0.3 is 15.5 Å². The van der Waals surface area contributed by atoms with Gasteiger partial charge in [-0.25, -0.2) is 13.6 Å². The topological polar surface area (TPSA) is 61.4 Å². The number of amides is 3. The van der Waals surface area contributed by atoms with E-state index in [0.29, 0.717) is 6.54 Å². The fourth-order valence-electron chi connectivity index (χ4n) is 3.33. The van der Waals surface area contributed by atoms with E-state index in [4.69, 9.17) is 0 Å². The first-order valence-electron chi connectivity index (χ1n) is 7.85. The minimum absolute atomic E-state index is 0.0409. The summed E-state index contributed by atoms with van der Waals surface area (Å²) in [7, 11) is 0. The highest BCUT2D eigenvalue weighted by Crippen LogP contribution is 2.27. The first kappa shape index (κ1) is 15.7.